The predicted molar refractivity (Wildman–Crippen MR) is 75.0 cm³/mol. The lowest BCUT2D eigenvalue weighted by Crippen LogP contribution is -1.98. The zero-order valence-corrected chi connectivity index (χ0v) is 11.5. The van der Waals surface area contributed by atoms with Gasteiger partial charge in [0.15, 0.2) is 0 Å². The molecule has 0 radical (unpaired) electrons. The van der Waals surface area contributed by atoms with Crippen LogP contribution < -0.4 is 5.32 Å². The number of halogens is 1. The highest BCUT2D eigenvalue weighted by Crippen LogP contribution is 2.24. The molecule has 2 aromatic rings. The summed E-state index contributed by atoms with van der Waals surface area (Å²) >= 11 is 7.87. The molecule has 0 spiro atoms. The van der Waals surface area contributed by atoms with Crippen molar-refractivity contribution in [3.05, 3.63) is 44.9 Å². The van der Waals surface area contributed by atoms with Crippen LogP contribution in [0.3, 0.4) is 0 Å². The normalized spacial score (nSPS) is 10.5. The SMILES string of the molecule is CCc1ncc(CNc2cc(C)ccc2Cl)s1. The van der Waals surface area contributed by atoms with E-state index in [0.29, 0.717) is 0 Å². The number of hydrogen-bond acceptors (Lipinski definition) is 3. The van der Waals surface area contributed by atoms with Crippen molar-refractivity contribution in [2.45, 2.75) is 26.8 Å². The van der Waals surface area contributed by atoms with Gasteiger partial charge in [0.1, 0.15) is 0 Å². The first-order valence-electron chi connectivity index (χ1n) is 5.62. The Hall–Kier alpha value is -1.06. The minimum atomic E-state index is 0.760. The number of nitrogens with one attached hydrogen (secondary N) is 1. The molecule has 1 N–H and O–H groups in total. The van der Waals surface area contributed by atoms with Crippen molar-refractivity contribution in [1.82, 2.24) is 4.98 Å². The van der Waals surface area contributed by atoms with Gasteiger partial charge in [0, 0.05) is 11.1 Å². The van der Waals surface area contributed by atoms with Crippen LogP contribution in [0, 0.1) is 6.92 Å². The lowest BCUT2D eigenvalue weighted by atomic mass is 10.2. The van der Waals surface area contributed by atoms with Crippen LogP contribution in [0.5, 0.6) is 0 Å². The fourth-order valence-electron chi connectivity index (χ4n) is 1.55. The molecule has 0 aliphatic rings. The van der Waals surface area contributed by atoms with E-state index < -0.39 is 0 Å². The Bertz CT molecular complexity index is 508. The fourth-order valence-corrected chi connectivity index (χ4v) is 2.54. The molecule has 1 aromatic heterocycles. The lowest BCUT2D eigenvalue weighted by Gasteiger charge is -2.07. The maximum absolute atomic E-state index is 6.12. The predicted octanol–water partition coefficient (Wildman–Crippen LogP) is 4.28. The molecule has 0 fully saturated rings. The van der Waals surface area contributed by atoms with Crippen LogP contribution >= 0.6 is 22.9 Å². The highest BCUT2D eigenvalue weighted by atomic mass is 35.5. The van der Waals surface area contributed by atoms with Gasteiger partial charge in [-0.3, -0.25) is 0 Å². The highest BCUT2D eigenvalue weighted by Gasteiger charge is 2.03. The highest BCUT2D eigenvalue weighted by molar-refractivity contribution is 7.11. The molecule has 0 saturated heterocycles. The first-order valence-corrected chi connectivity index (χ1v) is 6.82. The summed E-state index contributed by atoms with van der Waals surface area (Å²) < 4.78 is 0. The van der Waals surface area contributed by atoms with E-state index in [-0.39, 0.29) is 0 Å². The summed E-state index contributed by atoms with van der Waals surface area (Å²) in [7, 11) is 0. The molecule has 2 rings (SSSR count). The molecular weight excluding hydrogens is 252 g/mol. The van der Waals surface area contributed by atoms with E-state index in [2.05, 4.69) is 30.2 Å². The summed E-state index contributed by atoms with van der Waals surface area (Å²) in [6, 6.07) is 5.99. The minimum Gasteiger partial charge on any atom is -0.379 e. The summed E-state index contributed by atoms with van der Waals surface area (Å²) in [6.07, 6.45) is 2.93. The second kappa shape index (κ2) is 5.52. The molecule has 0 aliphatic carbocycles. The zero-order valence-electron chi connectivity index (χ0n) is 9.96. The number of thiazole rings is 1. The van der Waals surface area contributed by atoms with Crippen LogP contribution in [0.1, 0.15) is 22.4 Å². The molecule has 0 aliphatic heterocycles. The van der Waals surface area contributed by atoms with Crippen molar-refractivity contribution >= 4 is 28.6 Å². The number of benzene rings is 1. The third-order valence-electron chi connectivity index (χ3n) is 2.48. The summed E-state index contributed by atoms with van der Waals surface area (Å²) in [5.41, 5.74) is 2.19. The van der Waals surface area contributed by atoms with E-state index in [1.807, 2.05) is 18.3 Å². The van der Waals surface area contributed by atoms with E-state index >= 15 is 0 Å². The number of nitrogens with zero attached hydrogens (tertiary/aromatic N) is 1. The van der Waals surface area contributed by atoms with Gasteiger partial charge in [-0.25, -0.2) is 4.98 Å². The van der Waals surface area contributed by atoms with E-state index in [4.69, 9.17) is 11.6 Å². The van der Waals surface area contributed by atoms with Crippen LogP contribution in [-0.2, 0) is 13.0 Å². The Kier molecular flexibility index (Phi) is 4.02. The third-order valence-corrected chi connectivity index (χ3v) is 3.95. The maximum Gasteiger partial charge on any atom is 0.0925 e. The average molecular weight is 267 g/mol. The van der Waals surface area contributed by atoms with Gasteiger partial charge < -0.3 is 5.32 Å². The van der Waals surface area contributed by atoms with Crippen molar-refractivity contribution in [3.8, 4) is 0 Å². The molecule has 0 saturated carbocycles. The Morgan fingerprint density at radius 1 is 1.41 bits per heavy atom. The van der Waals surface area contributed by atoms with Crippen molar-refractivity contribution in [1.29, 1.82) is 0 Å². The Balaban J connectivity index is 2.04. The van der Waals surface area contributed by atoms with Crippen LogP contribution in [0.2, 0.25) is 5.02 Å². The van der Waals surface area contributed by atoms with Gasteiger partial charge in [-0.2, -0.15) is 0 Å². The van der Waals surface area contributed by atoms with Gasteiger partial charge in [-0.15, -0.1) is 11.3 Å². The second-order valence-corrected chi connectivity index (χ2v) is 5.52. The average Bonchev–Trinajstić information content (AvgIpc) is 2.78. The van der Waals surface area contributed by atoms with E-state index in [1.165, 1.54) is 15.4 Å². The summed E-state index contributed by atoms with van der Waals surface area (Å²) in [5.74, 6) is 0. The van der Waals surface area contributed by atoms with Crippen LogP contribution in [0.4, 0.5) is 5.69 Å². The molecule has 0 atom stereocenters. The van der Waals surface area contributed by atoms with Crippen LogP contribution in [-0.4, -0.2) is 4.98 Å². The quantitative estimate of drug-likeness (QED) is 0.893. The van der Waals surface area contributed by atoms with Crippen molar-refractivity contribution < 1.29 is 0 Å². The third kappa shape index (κ3) is 3.20. The van der Waals surface area contributed by atoms with Crippen molar-refractivity contribution in [3.63, 3.8) is 0 Å². The summed E-state index contributed by atoms with van der Waals surface area (Å²) in [6.45, 7) is 4.96. The monoisotopic (exact) mass is 266 g/mol. The number of anilines is 1. The van der Waals surface area contributed by atoms with Gasteiger partial charge >= 0.3 is 0 Å². The molecule has 17 heavy (non-hydrogen) atoms. The number of aromatic nitrogens is 1. The second-order valence-electron chi connectivity index (χ2n) is 3.91. The van der Waals surface area contributed by atoms with Gasteiger partial charge in [-0.1, -0.05) is 24.6 Å². The van der Waals surface area contributed by atoms with Crippen molar-refractivity contribution in [2.75, 3.05) is 5.32 Å². The molecule has 2 nitrogen and oxygen atoms in total. The van der Waals surface area contributed by atoms with Crippen molar-refractivity contribution in [2.24, 2.45) is 0 Å². The molecule has 0 unspecified atom stereocenters. The molecule has 4 heteroatoms. The first-order chi connectivity index (χ1) is 8.19. The molecule has 1 aromatic carbocycles. The maximum atomic E-state index is 6.12. The lowest BCUT2D eigenvalue weighted by molar-refractivity contribution is 1.09. The van der Waals surface area contributed by atoms with Gasteiger partial charge in [0.2, 0.25) is 0 Å². The van der Waals surface area contributed by atoms with Gasteiger partial charge in [0.05, 0.1) is 22.3 Å². The van der Waals surface area contributed by atoms with Crippen LogP contribution in [0.15, 0.2) is 24.4 Å². The van der Waals surface area contributed by atoms with E-state index in [1.54, 1.807) is 11.3 Å². The topological polar surface area (TPSA) is 24.9 Å². The largest absolute Gasteiger partial charge is 0.379 e. The molecule has 0 bridgehead atoms. The molecule has 90 valence electrons. The summed E-state index contributed by atoms with van der Waals surface area (Å²) in [5, 5.41) is 5.28. The van der Waals surface area contributed by atoms with E-state index in [9.17, 15) is 0 Å². The smallest absolute Gasteiger partial charge is 0.0925 e. The first kappa shape index (κ1) is 12.4. The van der Waals surface area contributed by atoms with Gasteiger partial charge in [-0.05, 0) is 31.0 Å². The number of hydrogen-bond donors (Lipinski definition) is 1. The Morgan fingerprint density at radius 3 is 2.94 bits per heavy atom. The Morgan fingerprint density at radius 2 is 2.24 bits per heavy atom. The van der Waals surface area contributed by atoms with Gasteiger partial charge in [0.25, 0.3) is 0 Å². The fraction of sp³-hybridized carbons (Fsp3) is 0.308. The molecule has 1 heterocycles. The van der Waals surface area contributed by atoms with Crippen LogP contribution in [0.25, 0.3) is 0 Å². The summed E-state index contributed by atoms with van der Waals surface area (Å²) in [4.78, 5) is 5.57. The number of rotatable bonds is 4. The molecular formula is C13H15ClN2S. The van der Waals surface area contributed by atoms with E-state index in [0.717, 1.165) is 23.7 Å². The minimum absolute atomic E-state index is 0.760. The Labute approximate surface area is 111 Å². The molecule has 0 amide bonds. The zero-order chi connectivity index (χ0) is 12.3. The number of aryl methyl sites for hydroxylation is 2. The standard InChI is InChI=1S/C13H15ClN2S/c1-3-13-16-8-10(17-13)7-15-12-6-9(2)4-5-11(12)14/h4-6,8,15H,3,7H2,1-2H3.